The molecule has 1 atom stereocenters. The van der Waals surface area contributed by atoms with Crippen molar-refractivity contribution in [2.75, 3.05) is 25.5 Å². The third-order valence-electron chi connectivity index (χ3n) is 5.99. The quantitative estimate of drug-likeness (QED) is 0.646. The molecule has 1 saturated heterocycles. The lowest BCUT2D eigenvalue weighted by Crippen LogP contribution is -2.43. The Bertz CT molecular complexity index is 1210. The third-order valence-corrected chi connectivity index (χ3v) is 5.99. The van der Waals surface area contributed by atoms with Crippen molar-refractivity contribution in [3.8, 4) is 0 Å². The fourth-order valence-corrected chi connectivity index (χ4v) is 4.35. The Kier molecular flexibility index (Phi) is 5.41. The summed E-state index contributed by atoms with van der Waals surface area (Å²) in [6.45, 7) is 1.73. The first kappa shape index (κ1) is 21.6. The minimum atomic E-state index is -4.27. The van der Waals surface area contributed by atoms with Gasteiger partial charge in [0.05, 0.1) is 50.6 Å². The molecule has 1 aromatic carbocycles. The van der Waals surface area contributed by atoms with Gasteiger partial charge in [0.25, 0.3) is 5.91 Å². The maximum atomic E-state index is 13.4. The van der Waals surface area contributed by atoms with E-state index in [1.807, 2.05) is 0 Å². The molecule has 0 aliphatic carbocycles. The van der Waals surface area contributed by atoms with Gasteiger partial charge >= 0.3 is 6.18 Å². The molecule has 10 heteroatoms. The number of ether oxygens (including phenoxy) is 2. The number of nitrogens with two attached hydrogens (primary N) is 1. The maximum Gasteiger partial charge on any atom is 0.393 e. The van der Waals surface area contributed by atoms with E-state index in [0.717, 1.165) is 16.5 Å². The summed E-state index contributed by atoms with van der Waals surface area (Å²) in [4.78, 5) is 23.8. The zero-order chi connectivity index (χ0) is 23.2. The minimum absolute atomic E-state index is 0.167. The predicted octanol–water partition coefficient (Wildman–Crippen LogP) is 3.56. The molecule has 172 valence electrons. The summed E-state index contributed by atoms with van der Waals surface area (Å²) >= 11 is 0. The van der Waals surface area contributed by atoms with Crippen molar-refractivity contribution in [1.82, 2.24) is 14.9 Å². The molecule has 5 rings (SSSR count). The van der Waals surface area contributed by atoms with E-state index in [2.05, 4.69) is 9.97 Å². The van der Waals surface area contributed by atoms with E-state index < -0.39 is 18.6 Å². The highest BCUT2D eigenvalue weighted by Crippen LogP contribution is 2.32. The van der Waals surface area contributed by atoms with Crippen molar-refractivity contribution in [2.24, 2.45) is 0 Å². The van der Waals surface area contributed by atoms with Crippen molar-refractivity contribution < 1.29 is 27.4 Å². The smallest absolute Gasteiger partial charge is 0.383 e. The number of rotatable bonds is 3. The average Bonchev–Trinajstić information content (AvgIpc) is 3.29. The number of nitrogens with zero attached hydrogens (tertiary/aromatic N) is 3. The molecule has 33 heavy (non-hydrogen) atoms. The van der Waals surface area contributed by atoms with E-state index in [0.29, 0.717) is 43.3 Å². The number of hydrogen-bond donors (Lipinski definition) is 1. The highest BCUT2D eigenvalue weighted by Gasteiger charge is 2.32. The molecule has 0 unspecified atom stereocenters. The van der Waals surface area contributed by atoms with Crippen molar-refractivity contribution in [3.05, 3.63) is 64.5 Å². The summed E-state index contributed by atoms with van der Waals surface area (Å²) in [5.41, 5.74) is 9.47. The Labute approximate surface area is 187 Å². The van der Waals surface area contributed by atoms with Crippen LogP contribution in [0.3, 0.4) is 0 Å². The van der Waals surface area contributed by atoms with Gasteiger partial charge < -0.3 is 20.1 Å². The highest BCUT2D eigenvalue weighted by atomic mass is 19.4. The maximum absolute atomic E-state index is 13.4. The van der Waals surface area contributed by atoms with Gasteiger partial charge in [-0.1, -0.05) is 24.3 Å². The number of carbonyl (C=O) groups is 1. The summed E-state index contributed by atoms with van der Waals surface area (Å²) in [5.74, 6) is 0.118. The molecule has 4 heterocycles. The molecule has 1 fully saturated rings. The SMILES string of the molecule is Nc1nc2cnc(C(=O)N3CCOC[C@@H]3c3ccc(CC(F)(F)F)cc3)cc2c2c1COC2. The number of carbonyl (C=O) groups excluding carboxylic acids is 1. The number of benzene rings is 1. The summed E-state index contributed by atoms with van der Waals surface area (Å²) in [6.07, 6.45) is -3.74. The second-order valence-corrected chi connectivity index (χ2v) is 8.16. The number of amides is 1. The molecule has 0 saturated carbocycles. The fourth-order valence-electron chi connectivity index (χ4n) is 4.35. The van der Waals surface area contributed by atoms with Crippen LogP contribution in [0.1, 0.15) is 38.8 Å². The monoisotopic (exact) mass is 458 g/mol. The van der Waals surface area contributed by atoms with Gasteiger partial charge in [-0.25, -0.2) is 9.97 Å². The number of halogens is 3. The van der Waals surface area contributed by atoms with E-state index in [-0.39, 0.29) is 23.8 Å². The Balaban J connectivity index is 1.44. The summed E-state index contributed by atoms with van der Waals surface area (Å²) in [5, 5.41) is 0.774. The molecule has 2 N–H and O–H groups in total. The first-order valence-corrected chi connectivity index (χ1v) is 10.5. The van der Waals surface area contributed by atoms with E-state index in [1.165, 1.54) is 18.3 Å². The Morgan fingerprint density at radius 3 is 2.67 bits per heavy atom. The van der Waals surface area contributed by atoms with E-state index >= 15 is 0 Å². The average molecular weight is 458 g/mol. The van der Waals surface area contributed by atoms with Crippen LogP contribution in [0.15, 0.2) is 36.5 Å². The number of nitrogen functional groups attached to an aromatic ring is 1. The van der Waals surface area contributed by atoms with Gasteiger partial charge in [0.15, 0.2) is 0 Å². The molecule has 0 spiro atoms. The van der Waals surface area contributed by atoms with Crippen LogP contribution in [0.25, 0.3) is 10.9 Å². The van der Waals surface area contributed by atoms with Gasteiger partial charge in [0, 0.05) is 17.5 Å². The van der Waals surface area contributed by atoms with Gasteiger partial charge in [-0.2, -0.15) is 13.2 Å². The van der Waals surface area contributed by atoms with E-state index in [9.17, 15) is 18.0 Å². The largest absolute Gasteiger partial charge is 0.393 e. The van der Waals surface area contributed by atoms with Gasteiger partial charge in [0.2, 0.25) is 0 Å². The lowest BCUT2D eigenvalue weighted by Gasteiger charge is -2.35. The molecule has 2 aliphatic rings. The van der Waals surface area contributed by atoms with Gasteiger partial charge in [-0.15, -0.1) is 0 Å². The summed E-state index contributed by atoms with van der Waals surface area (Å²) < 4.78 is 49.1. The summed E-state index contributed by atoms with van der Waals surface area (Å²) in [6, 6.07) is 7.39. The van der Waals surface area contributed by atoms with Crippen LogP contribution in [0.2, 0.25) is 0 Å². The number of fused-ring (bicyclic) bond motifs is 3. The van der Waals surface area contributed by atoms with Gasteiger partial charge in [-0.3, -0.25) is 4.79 Å². The Hall–Kier alpha value is -3.24. The van der Waals surface area contributed by atoms with E-state index in [4.69, 9.17) is 15.2 Å². The van der Waals surface area contributed by atoms with Gasteiger partial charge in [-0.05, 0) is 22.8 Å². The van der Waals surface area contributed by atoms with Crippen LogP contribution >= 0.6 is 0 Å². The highest BCUT2D eigenvalue weighted by molar-refractivity contribution is 5.97. The van der Waals surface area contributed by atoms with Crippen LogP contribution in [0.5, 0.6) is 0 Å². The Morgan fingerprint density at radius 1 is 1.15 bits per heavy atom. The number of morpholine rings is 1. The van der Waals surface area contributed by atoms with E-state index in [1.54, 1.807) is 23.1 Å². The Morgan fingerprint density at radius 2 is 1.91 bits per heavy atom. The number of anilines is 1. The molecule has 7 nitrogen and oxygen atoms in total. The fraction of sp³-hybridized carbons (Fsp3) is 0.348. The molecule has 2 aromatic heterocycles. The van der Waals surface area contributed by atoms with Crippen LogP contribution < -0.4 is 5.73 Å². The molecule has 3 aromatic rings. The lowest BCUT2D eigenvalue weighted by molar-refractivity contribution is -0.127. The lowest BCUT2D eigenvalue weighted by atomic mass is 10.0. The normalized spacial score (nSPS) is 18.5. The first-order chi connectivity index (χ1) is 15.8. The predicted molar refractivity (Wildman–Crippen MR) is 113 cm³/mol. The zero-order valence-corrected chi connectivity index (χ0v) is 17.6. The van der Waals surface area contributed by atoms with Crippen molar-refractivity contribution in [1.29, 1.82) is 0 Å². The number of hydrogen-bond acceptors (Lipinski definition) is 6. The van der Waals surface area contributed by atoms with Crippen molar-refractivity contribution in [2.45, 2.75) is 31.9 Å². The third kappa shape index (κ3) is 4.23. The molecule has 0 radical (unpaired) electrons. The van der Waals surface area contributed by atoms with Crippen LogP contribution in [0, 0.1) is 0 Å². The van der Waals surface area contributed by atoms with Crippen LogP contribution in [0.4, 0.5) is 19.0 Å². The topological polar surface area (TPSA) is 90.6 Å². The van der Waals surface area contributed by atoms with Crippen LogP contribution in [-0.2, 0) is 29.1 Å². The molecule has 0 bridgehead atoms. The number of pyridine rings is 2. The number of alkyl halides is 3. The number of aromatic nitrogens is 2. The van der Waals surface area contributed by atoms with Gasteiger partial charge in [0.1, 0.15) is 11.5 Å². The second kappa shape index (κ2) is 8.27. The molecular formula is C23H21F3N4O3. The van der Waals surface area contributed by atoms with Crippen molar-refractivity contribution in [3.63, 3.8) is 0 Å². The van der Waals surface area contributed by atoms with Crippen molar-refractivity contribution >= 4 is 22.6 Å². The standard InChI is InChI=1S/C23H21F3N4O3/c24-23(25,26)8-13-1-3-14(4-2-13)20-12-32-6-5-30(20)22(31)18-7-15-16-10-33-11-17(16)21(27)29-19(15)9-28-18/h1-4,7,9,20H,5-6,8,10-12H2,(H2,27,29)/t20-/m1/s1. The first-order valence-electron chi connectivity index (χ1n) is 10.5. The molecule has 2 aliphatic heterocycles. The molecule has 1 amide bonds. The zero-order valence-electron chi connectivity index (χ0n) is 17.6. The van der Waals surface area contributed by atoms with Crippen LogP contribution in [-0.4, -0.2) is 46.7 Å². The minimum Gasteiger partial charge on any atom is -0.383 e. The second-order valence-electron chi connectivity index (χ2n) is 8.16. The summed E-state index contributed by atoms with van der Waals surface area (Å²) in [7, 11) is 0. The molecular weight excluding hydrogens is 437 g/mol.